The number of benzene rings is 1. The standard InChI is InChI=1S/C18H26N2O2S/c1-15-2-4-16(5-3-15)17(14-19-6-10-21-11-7-19)18(23)20-8-12-22-13-9-20/h2-5,17H,6-14H2,1H3. The van der Waals surface area contributed by atoms with Gasteiger partial charge in [-0.2, -0.15) is 0 Å². The summed E-state index contributed by atoms with van der Waals surface area (Å²) in [5.41, 5.74) is 2.61. The molecule has 1 atom stereocenters. The Balaban J connectivity index is 1.76. The Bertz CT molecular complexity index is 508. The summed E-state index contributed by atoms with van der Waals surface area (Å²) >= 11 is 5.89. The zero-order valence-corrected chi connectivity index (χ0v) is 14.7. The summed E-state index contributed by atoms with van der Waals surface area (Å²) in [5.74, 6) is 0.266. The van der Waals surface area contributed by atoms with Crippen LogP contribution in [0.2, 0.25) is 0 Å². The molecule has 1 unspecified atom stereocenters. The molecule has 4 nitrogen and oxygen atoms in total. The largest absolute Gasteiger partial charge is 0.379 e. The molecule has 0 aliphatic carbocycles. The number of ether oxygens (including phenoxy) is 2. The van der Waals surface area contributed by atoms with Gasteiger partial charge in [0.25, 0.3) is 0 Å². The molecule has 126 valence electrons. The first-order valence-electron chi connectivity index (χ1n) is 8.47. The van der Waals surface area contributed by atoms with Gasteiger partial charge in [-0.15, -0.1) is 0 Å². The second-order valence-electron chi connectivity index (χ2n) is 6.31. The minimum absolute atomic E-state index is 0.266. The molecule has 0 bridgehead atoms. The molecule has 2 aliphatic rings. The molecule has 2 saturated heterocycles. The van der Waals surface area contributed by atoms with Crippen LogP contribution in [-0.4, -0.2) is 73.9 Å². The van der Waals surface area contributed by atoms with Crippen molar-refractivity contribution in [2.45, 2.75) is 12.8 Å². The highest BCUT2D eigenvalue weighted by molar-refractivity contribution is 7.80. The molecule has 5 heteroatoms. The predicted molar refractivity (Wildman–Crippen MR) is 96.2 cm³/mol. The van der Waals surface area contributed by atoms with Crippen molar-refractivity contribution in [2.24, 2.45) is 0 Å². The summed E-state index contributed by atoms with van der Waals surface area (Å²) in [5, 5.41) is 0. The average molecular weight is 334 g/mol. The lowest BCUT2D eigenvalue weighted by Crippen LogP contribution is -2.46. The minimum Gasteiger partial charge on any atom is -0.379 e. The van der Waals surface area contributed by atoms with Crippen molar-refractivity contribution < 1.29 is 9.47 Å². The van der Waals surface area contributed by atoms with Gasteiger partial charge in [0.05, 0.1) is 31.4 Å². The Morgan fingerprint density at radius 2 is 1.57 bits per heavy atom. The van der Waals surface area contributed by atoms with Gasteiger partial charge in [0, 0.05) is 38.6 Å². The maximum atomic E-state index is 5.89. The van der Waals surface area contributed by atoms with E-state index < -0.39 is 0 Å². The van der Waals surface area contributed by atoms with Crippen LogP contribution < -0.4 is 0 Å². The van der Waals surface area contributed by atoms with Crippen LogP contribution in [0.25, 0.3) is 0 Å². The first kappa shape index (κ1) is 16.8. The lowest BCUT2D eigenvalue weighted by Gasteiger charge is -2.36. The van der Waals surface area contributed by atoms with Crippen LogP contribution in [0, 0.1) is 6.92 Å². The van der Waals surface area contributed by atoms with Crippen molar-refractivity contribution >= 4 is 17.2 Å². The Hall–Kier alpha value is -1.01. The second kappa shape index (κ2) is 8.20. The van der Waals surface area contributed by atoms with Crippen LogP contribution in [0.15, 0.2) is 24.3 Å². The van der Waals surface area contributed by atoms with Gasteiger partial charge in [-0.3, -0.25) is 4.90 Å². The van der Waals surface area contributed by atoms with Crippen molar-refractivity contribution in [3.63, 3.8) is 0 Å². The van der Waals surface area contributed by atoms with Gasteiger partial charge in [-0.25, -0.2) is 0 Å². The molecule has 2 fully saturated rings. The normalized spacial score (nSPS) is 21.2. The molecule has 23 heavy (non-hydrogen) atoms. The highest BCUT2D eigenvalue weighted by Gasteiger charge is 2.26. The van der Waals surface area contributed by atoms with Crippen molar-refractivity contribution in [3.05, 3.63) is 35.4 Å². The van der Waals surface area contributed by atoms with E-state index in [1.54, 1.807) is 0 Å². The fraction of sp³-hybridized carbons (Fsp3) is 0.611. The fourth-order valence-corrected chi connectivity index (χ4v) is 3.56. The number of aryl methyl sites for hydroxylation is 1. The van der Waals surface area contributed by atoms with Crippen LogP contribution in [-0.2, 0) is 9.47 Å². The maximum absolute atomic E-state index is 5.89. The Labute approximate surface area is 144 Å². The predicted octanol–water partition coefficient (Wildman–Crippen LogP) is 2.07. The SMILES string of the molecule is Cc1ccc(C(CN2CCOCC2)C(=S)N2CCOCC2)cc1. The summed E-state index contributed by atoms with van der Waals surface area (Å²) in [4.78, 5) is 5.86. The molecule has 2 aliphatic heterocycles. The van der Waals surface area contributed by atoms with Crippen LogP contribution >= 0.6 is 12.2 Å². The number of hydrogen-bond donors (Lipinski definition) is 0. The first-order valence-corrected chi connectivity index (χ1v) is 8.88. The van der Waals surface area contributed by atoms with E-state index in [2.05, 4.69) is 41.0 Å². The third-order valence-corrected chi connectivity index (χ3v) is 5.19. The van der Waals surface area contributed by atoms with Gasteiger partial charge in [-0.05, 0) is 12.5 Å². The molecule has 3 rings (SSSR count). The molecular weight excluding hydrogens is 308 g/mol. The molecule has 0 aromatic heterocycles. The van der Waals surface area contributed by atoms with E-state index in [0.29, 0.717) is 0 Å². The molecule has 1 aromatic carbocycles. The van der Waals surface area contributed by atoms with E-state index in [4.69, 9.17) is 21.7 Å². The van der Waals surface area contributed by atoms with Gasteiger partial charge in [0.2, 0.25) is 0 Å². The van der Waals surface area contributed by atoms with E-state index in [9.17, 15) is 0 Å². The van der Waals surface area contributed by atoms with Crippen molar-refractivity contribution in [1.82, 2.24) is 9.80 Å². The molecule has 0 N–H and O–H groups in total. The summed E-state index contributed by atoms with van der Waals surface area (Å²) in [7, 11) is 0. The van der Waals surface area contributed by atoms with Gasteiger partial charge >= 0.3 is 0 Å². The summed E-state index contributed by atoms with van der Waals surface area (Å²) in [6.07, 6.45) is 0. The van der Waals surface area contributed by atoms with Crippen LogP contribution in [0.4, 0.5) is 0 Å². The Kier molecular flexibility index (Phi) is 6.00. The lowest BCUT2D eigenvalue weighted by atomic mass is 9.96. The van der Waals surface area contributed by atoms with Gasteiger partial charge in [0.15, 0.2) is 0 Å². The van der Waals surface area contributed by atoms with E-state index in [0.717, 1.165) is 64.1 Å². The van der Waals surface area contributed by atoms with E-state index in [1.807, 2.05) is 0 Å². The number of thiocarbonyl (C=S) groups is 1. The first-order chi connectivity index (χ1) is 11.2. The minimum atomic E-state index is 0.266. The number of morpholine rings is 2. The zero-order chi connectivity index (χ0) is 16.1. The zero-order valence-electron chi connectivity index (χ0n) is 13.9. The molecule has 2 heterocycles. The maximum Gasteiger partial charge on any atom is 0.0869 e. The van der Waals surface area contributed by atoms with Crippen molar-refractivity contribution in [2.75, 3.05) is 59.2 Å². The third-order valence-electron chi connectivity index (χ3n) is 4.65. The molecular formula is C18H26N2O2S. The topological polar surface area (TPSA) is 24.9 Å². The Morgan fingerprint density at radius 3 is 2.17 bits per heavy atom. The second-order valence-corrected chi connectivity index (χ2v) is 6.73. The van der Waals surface area contributed by atoms with Crippen LogP contribution in [0.1, 0.15) is 17.0 Å². The van der Waals surface area contributed by atoms with Crippen molar-refractivity contribution in [3.8, 4) is 0 Å². The van der Waals surface area contributed by atoms with Gasteiger partial charge in [0.1, 0.15) is 0 Å². The number of hydrogen-bond acceptors (Lipinski definition) is 4. The molecule has 0 spiro atoms. The smallest absolute Gasteiger partial charge is 0.0869 e. The van der Waals surface area contributed by atoms with Crippen LogP contribution in [0.3, 0.4) is 0 Å². The number of nitrogens with zero attached hydrogens (tertiary/aromatic N) is 2. The van der Waals surface area contributed by atoms with Gasteiger partial charge < -0.3 is 14.4 Å². The third kappa shape index (κ3) is 4.51. The van der Waals surface area contributed by atoms with Gasteiger partial charge in [-0.1, -0.05) is 42.0 Å². The Morgan fingerprint density at radius 1 is 1.00 bits per heavy atom. The monoisotopic (exact) mass is 334 g/mol. The van der Waals surface area contributed by atoms with Crippen molar-refractivity contribution in [1.29, 1.82) is 0 Å². The van der Waals surface area contributed by atoms with E-state index in [1.165, 1.54) is 11.1 Å². The summed E-state index contributed by atoms with van der Waals surface area (Å²) in [6, 6.07) is 8.83. The average Bonchev–Trinajstić information content (AvgIpc) is 2.62. The van der Waals surface area contributed by atoms with Crippen LogP contribution in [0.5, 0.6) is 0 Å². The summed E-state index contributed by atoms with van der Waals surface area (Å²) < 4.78 is 11.0. The molecule has 0 radical (unpaired) electrons. The highest BCUT2D eigenvalue weighted by Crippen LogP contribution is 2.23. The van der Waals surface area contributed by atoms with E-state index >= 15 is 0 Å². The summed E-state index contributed by atoms with van der Waals surface area (Å²) in [6.45, 7) is 10.1. The molecule has 0 amide bonds. The highest BCUT2D eigenvalue weighted by atomic mass is 32.1. The quantitative estimate of drug-likeness (QED) is 0.785. The van der Waals surface area contributed by atoms with E-state index in [-0.39, 0.29) is 5.92 Å². The molecule has 0 saturated carbocycles. The molecule has 1 aromatic rings. The number of rotatable bonds is 4. The lowest BCUT2D eigenvalue weighted by molar-refractivity contribution is 0.0361. The fourth-order valence-electron chi connectivity index (χ4n) is 3.17.